The Hall–Kier alpha value is 0.429. The van der Waals surface area contributed by atoms with Gasteiger partial charge in [0.2, 0.25) is 0 Å². The minimum absolute atomic E-state index is 0.100. The molecule has 0 aromatic rings. The van der Waals surface area contributed by atoms with Gasteiger partial charge in [0, 0.05) is 6.42 Å². The Morgan fingerprint density at radius 1 is 0.529 bits per heavy atom. The molecule has 0 fully saturated rings. The second-order valence-corrected chi connectivity index (χ2v) is 25.2. The van der Waals surface area contributed by atoms with E-state index in [4.69, 9.17) is 0 Å². The Balaban J connectivity index is 3.93. The summed E-state index contributed by atoms with van der Waals surface area (Å²) in [5.41, 5.74) is 0. The first kappa shape index (κ1) is 34.4. The van der Waals surface area contributed by atoms with Crippen LogP contribution in [0.3, 0.4) is 0 Å². The summed E-state index contributed by atoms with van der Waals surface area (Å²) >= 11 is -2.43. The Labute approximate surface area is 219 Å². The van der Waals surface area contributed by atoms with E-state index in [2.05, 4.69) is 27.7 Å². The molecule has 0 bridgehead atoms. The third-order valence-electron chi connectivity index (χ3n) is 8.03. The van der Waals surface area contributed by atoms with E-state index in [0.717, 1.165) is 32.1 Å². The summed E-state index contributed by atoms with van der Waals surface area (Å²) in [6.45, 7) is 9.18. The molecule has 0 aliphatic rings. The van der Waals surface area contributed by atoms with E-state index in [1.165, 1.54) is 122 Å². The fourth-order valence-electron chi connectivity index (χ4n) is 5.54. The quantitative estimate of drug-likeness (QED) is 0.0767. The molecule has 3 heteroatoms. The number of carbonyl (C=O) groups is 1. The molecule has 0 aliphatic carbocycles. The number of carbonyl (C=O) groups excluding carboxylic acids is 1. The monoisotopic (exact) mass is 588 g/mol. The summed E-state index contributed by atoms with van der Waals surface area (Å²) in [4.78, 5) is 12.0. The molecule has 0 rings (SSSR count). The van der Waals surface area contributed by atoms with Crippen LogP contribution in [0, 0.1) is 0 Å². The zero-order chi connectivity index (χ0) is 25.3. The van der Waals surface area contributed by atoms with E-state index in [1.54, 1.807) is 0 Å². The van der Waals surface area contributed by atoms with Gasteiger partial charge in [0.15, 0.2) is 0 Å². The normalized spacial score (nSPS) is 12.9. The van der Waals surface area contributed by atoms with E-state index in [9.17, 15) is 9.90 Å². The molecule has 1 unspecified atom stereocenters. The van der Waals surface area contributed by atoms with Gasteiger partial charge >= 0.3 is 170 Å². The molecule has 0 aromatic heterocycles. The standard InChI is InChI=1S/C19H37O2.3C4H9.Sn/c1-2-3-4-10-13-16-19(21)17-14-11-8-6-5-7-9-12-15-18-20;3*1-3-4-2;/h18,20H,2-17H2,1H3;3*1,3-4H2,2H3;. The molecule has 0 saturated heterocycles. The van der Waals surface area contributed by atoms with E-state index >= 15 is 0 Å². The van der Waals surface area contributed by atoms with E-state index in [-0.39, 0.29) is 4.12 Å². The maximum atomic E-state index is 12.0. The van der Waals surface area contributed by atoms with Crippen LogP contribution in [0.2, 0.25) is 13.3 Å². The second kappa shape index (κ2) is 25.1. The Morgan fingerprint density at radius 3 is 1.29 bits per heavy atom. The van der Waals surface area contributed by atoms with Crippen LogP contribution in [-0.4, -0.2) is 33.4 Å². The summed E-state index contributed by atoms with van der Waals surface area (Å²) in [7, 11) is 0. The molecule has 0 aromatic carbocycles. The molecule has 0 aliphatic heterocycles. The molecule has 0 amide bonds. The maximum absolute atomic E-state index is 12.0. The van der Waals surface area contributed by atoms with Crippen molar-refractivity contribution in [2.75, 3.05) is 0 Å². The van der Waals surface area contributed by atoms with Crippen molar-refractivity contribution >= 4 is 24.2 Å². The molecule has 0 spiro atoms. The van der Waals surface area contributed by atoms with Crippen LogP contribution in [0.25, 0.3) is 0 Å². The van der Waals surface area contributed by atoms with E-state index < -0.39 is 18.4 Å². The molecule has 2 nitrogen and oxygen atoms in total. The van der Waals surface area contributed by atoms with Crippen molar-refractivity contribution in [2.24, 2.45) is 0 Å². The van der Waals surface area contributed by atoms with Crippen LogP contribution < -0.4 is 0 Å². The first-order valence-corrected chi connectivity index (χ1v) is 23.5. The van der Waals surface area contributed by atoms with Gasteiger partial charge in [-0.2, -0.15) is 0 Å². The summed E-state index contributed by atoms with van der Waals surface area (Å²) in [6.07, 6.45) is 27.0. The topological polar surface area (TPSA) is 37.3 Å². The van der Waals surface area contributed by atoms with Crippen molar-refractivity contribution in [1.82, 2.24) is 0 Å². The number of rotatable bonds is 27. The zero-order valence-electron chi connectivity index (χ0n) is 24.1. The van der Waals surface area contributed by atoms with Crippen molar-refractivity contribution < 1.29 is 9.90 Å². The van der Waals surface area contributed by atoms with Crippen LogP contribution >= 0.6 is 0 Å². The molecule has 34 heavy (non-hydrogen) atoms. The molecule has 0 radical (unpaired) electrons. The van der Waals surface area contributed by atoms with E-state index in [1.807, 2.05) is 0 Å². The molecule has 1 atom stereocenters. The third-order valence-corrected chi connectivity index (χ3v) is 24.4. The van der Waals surface area contributed by atoms with Crippen molar-refractivity contribution in [3.8, 4) is 0 Å². The molecule has 0 saturated carbocycles. The van der Waals surface area contributed by atoms with Crippen molar-refractivity contribution in [3.63, 3.8) is 0 Å². The number of aliphatic hydroxyl groups excluding tert-OH is 1. The number of unbranched alkanes of at least 4 members (excludes halogenated alkanes) is 14. The van der Waals surface area contributed by atoms with Gasteiger partial charge in [-0.3, -0.25) is 4.79 Å². The number of Topliss-reactive ketones (excluding diaryl/α,β-unsaturated/α-hetero) is 1. The molecule has 1 N–H and O–H groups in total. The van der Waals surface area contributed by atoms with Crippen molar-refractivity contribution in [1.29, 1.82) is 0 Å². The van der Waals surface area contributed by atoms with Gasteiger partial charge in [-0.05, 0) is 6.42 Å². The second-order valence-electron chi connectivity index (χ2n) is 11.3. The molecule has 0 heterocycles. The van der Waals surface area contributed by atoms with Gasteiger partial charge < -0.3 is 0 Å². The summed E-state index contributed by atoms with van der Waals surface area (Å²) < 4.78 is 4.37. The Kier molecular flexibility index (Phi) is 25.4. The van der Waals surface area contributed by atoms with Crippen LogP contribution in [0.1, 0.15) is 169 Å². The van der Waals surface area contributed by atoms with Crippen molar-refractivity contribution in [3.05, 3.63) is 0 Å². The Bertz CT molecular complexity index is 415. The zero-order valence-corrected chi connectivity index (χ0v) is 27.0. The summed E-state index contributed by atoms with van der Waals surface area (Å²) in [5, 5.41) is 11.3. The average molecular weight is 588 g/mol. The molecular weight excluding hydrogens is 523 g/mol. The minimum atomic E-state index is -2.43. The van der Waals surface area contributed by atoms with E-state index in [0.29, 0.717) is 5.78 Å². The summed E-state index contributed by atoms with van der Waals surface area (Å²) in [6, 6.07) is 0. The number of hydrogen-bond donors (Lipinski definition) is 1. The number of aliphatic hydroxyl groups is 1. The Morgan fingerprint density at radius 2 is 0.882 bits per heavy atom. The van der Waals surface area contributed by atoms with Gasteiger partial charge in [-0.15, -0.1) is 0 Å². The summed E-state index contributed by atoms with van der Waals surface area (Å²) in [5.74, 6) is 0.494. The average Bonchev–Trinajstić information content (AvgIpc) is 2.84. The van der Waals surface area contributed by atoms with Gasteiger partial charge in [0.05, 0.1) is 0 Å². The first-order valence-electron chi connectivity index (χ1n) is 15.8. The fourth-order valence-corrected chi connectivity index (χ4v) is 21.9. The number of ketones is 1. The first-order chi connectivity index (χ1) is 16.6. The third kappa shape index (κ3) is 18.7. The van der Waals surface area contributed by atoms with Gasteiger partial charge in [-0.1, -0.05) is 32.6 Å². The van der Waals surface area contributed by atoms with Crippen molar-refractivity contribution in [2.45, 2.75) is 186 Å². The molecular formula is C31H64O2Sn. The van der Waals surface area contributed by atoms with Gasteiger partial charge in [0.25, 0.3) is 0 Å². The number of hydrogen-bond acceptors (Lipinski definition) is 2. The predicted octanol–water partition coefficient (Wildman–Crippen LogP) is 10.6. The van der Waals surface area contributed by atoms with Crippen LogP contribution in [0.4, 0.5) is 0 Å². The van der Waals surface area contributed by atoms with Crippen LogP contribution in [-0.2, 0) is 4.79 Å². The van der Waals surface area contributed by atoms with Crippen LogP contribution in [0.5, 0.6) is 0 Å². The fraction of sp³-hybridized carbons (Fsp3) is 0.968. The van der Waals surface area contributed by atoms with Gasteiger partial charge in [-0.25, -0.2) is 0 Å². The SMILES string of the molecule is CCCCCCCC(=O)CCCCCCCCCC[CH](O)[Sn]([CH2]CCC)([CH2]CCC)[CH2]CCC. The van der Waals surface area contributed by atoms with Crippen LogP contribution in [0.15, 0.2) is 0 Å². The predicted molar refractivity (Wildman–Crippen MR) is 155 cm³/mol. The van der Waals surface area contributed by atoms with Gasteiger partial charge in [0.1, 0.15) is 0 Å². The molecule has 204 valence electrons.